The van der Waals surface area contributed by atoms with Gasteiger partial charge in [0.05, 0.1) is 5.52 Å². The van der Waals surface area contributed by atoms with Gasteiger partial charge in [0.15, 0.2) is 0 Å². The lowest BCUT2D eigenvalue weighted by Gasteiger charge is -2.25. The van der Waals surface area contributed by atoms with Crippen LogP contribution in [0.25, 0.3) is 32.9 Å². The molecule has 2 nitrogen and oxygen atoms in total. The molecule has 35 heavy (non-hydrogen) atoms. The minimum absolute atomic E-state index is 0.0530. The summed E-state index contributed by atoms with van der Waals surface area (Å²) < 4.78 is 5.03. The highest BCUT2D eigenvalue weighted by atomic mass is 15.2. The maximum atomic E-state index is 2.58. The highest BCUT2D eigenvalue weighted by Crippen LogP contribution is 2.54. The van der Waals surface area contributed by atoms with E-state index >= 15 is 0 Å². The third kappa shape index (κ3) is 2.27. The molecule has 166 valence electrons. The van der Waals surface area contributed by atoms with Crippen molar-refractivity contribution in [1.82, 2.24) is 9.14 Å². The van der Waals surface area contributed by atoms with E-state index in [0.29, 0.717) is 0 Å². The number of aromatic nitrogens is 1. The van der Waals surface area contributed by atoms with Gasteiger partial charge in [-0.15, -0.1) is 0 Å². The highest BCUT2D eigenvalue weighted by Gasteiger charge is 2.41. The molecule has 1 unspecified atom stereocenters. The first-order valence-corrected chi connectivity index (χ1v) is 12.4. The maximum absolute atomic E-state index is 2.58. The fourth-order valence-electron chi connectivity index (χ4n) is 6.86. The van der Waals surface area contributed by atoms with E-state index in [1.165, 1.54) is 61.1 Å². The summed E-state index contributed by atoms with van der Waals surface area (Å²) in [7, 11) is 0. The van der Waals surface area contributed by atoms with E-state index in [9.17, 15) is 0 Å². The van der Waals surface area contributed by atoms with Crippen LogP contribution in [0.15, 0.2) is 109 Å². The third-order valence-corrected chi connectivity index (χ3v) is 8.25. The average molecular weight is 450 g/mol. The Morgan fingerprint density at radius 2 is 1.60 bits per heavy atom. The molecule has 1 aromatic heterocycles. The Morgan fingerprint density at radius 3 is 2.49 bits per heavy atom. The van der Waals surface area contributed by atoms with Gasteiger partial charge in [0, 0.05) is 40.5 Å². The van der Waals surface area contributed by atoms with Crippen molar-refractivity contribution in [2.24, 2.45) is 0 Å². The molecule has 0 amide bonds. The van der Waals surface area contributed by atoms with Crippen LogP contribution >= 0.6 is 0 Å². The topological polar surface area (TPSA) is 7.94 Å². The zero-order chi connectivity index (χ0) is 23.3. The van der Waals surface area contributed by atoms with Gasteiger partial charge in [-0.25, -0.2) is 0 Å². The fourth-order valence-corrected chi connectivity index (χ4v) is 6.86. The minimum Gasteiger partial charge on any atom is -0.318 e. The molecule has 0 N–H and O–H groups in total. The molecule has 0 saturated heterocycles. The van der Waals surface area contributed by atoms with Crippen molar-refractivity contribution in [2.75, 3.05) is 0 Å². The number of rotatable bonds is 1. The smallest absolute Gasteiger partial charge is 0.235 e. The van der Waals surface area contributed by atoms with E-state index < -0.39 is 0 Å². The van der Waals surface area contributed by atoms with Crippen LogP contribution in [0.2, 0.25) is 0 Å². The van der Waals surface area contributed by atoms with Gasteiger partial charge in [0.1, 0.15) is 11.6 Å². The molecule has 0 fully saturated rings. The van der Waals surface area contributed by atoms with Crippen LogP contribution in [0.5, 0.6) is 0 Å². The highest BCUT2D eigenvalue weighted by molar-refractivity contribution is 6.20. The summed E-state index contributed by atoms with van der Waals surface area (Å²) in [5.74, 6) is 0. The number of allylic oxidation sites excluding steroid dienone is 4. The molecule has 3 aliphatic rings. The Bertz CT molecular complexity index is 1810. The molecule has 2 heterocycles. The first-order chi connectivity index (χ1) is 17.2. The minimum atomic E-state index is -0.0530. The molecule has 1 aliphatic heterocycles. The van der Waals surface area contributed by atoms with Gasteiger partial charge < -0.3 is 4.57 Å². The summed E-state index contributed by atoms with van der Waals surface area (Å²) in [6.07, 6.45) is 8.97. The molecule has 4 aromatic carbocycles. The summed E-state index contributed by atoms with van der Waals surface area (Å²) in [5, 5.41) is 2.75. The van der Waals surface area contributed by atoms with Gasteiger partial charge in [-0.2, -0.15) is 4.58 Å². The van der Waals surface area contributed by atoms with E-state index in [2.05, 4.69) is 132 Å². The van der Waals surface area contributed by atoms with Crippen LogP contribution in [0.1, 0.15) is 31.0 Å². The van der Waals surface area contributed by atoms with Gasteiger partial charge in [0.2, 0.25) is 17.1 Å². The first-order valence-electron chi connectivity index (χ1n) is 12.4. The van der Waals surface area contributed by atoms with Gasteiger partial charge in [0.25, 0.3) is 0 Å². The zero-order valence-electron chi connectivity index (χ0n) is 19.9. The van der Waals surface area contributed by atoms with Crippen LogP contribution in [-0.4, -0.2) is 10.3 Å². The number of hydrogen-bond acceptors (Lipinski definition) is 0. The Morgan fingerprint density at radius 1 is 0.771 bits per heavy atom. The van der Waals surface area contributed by atoms with Crippen molar-refractivity contribution in [2.45, 2.75) is 25.3 Å². The number of benzene rings is 4. The molecular formula is C33H25N2+. The van der Waals surface area contributed by atoms with Gasteiger partial charge >= 0.3 is 0 Å². The maximum Gasteiger partial charge on any atom is 0.235 e. The van der Waals surface area contributed by atoms with E-state index in [0.717, 1.165) is 0 Å². The Labute approximate surface area is 204 Å². The van der Waals surface area contributed by atoms with Crippen LogP contribution in [-0.2, 0) is 5.41 Å². The predicted molar refractivity (Wildman–Crippen MR) is 147 cm³/mol. The summed E-state index contributed by atoms with van der Waals surface area (Å²) in [4.78, 5) is 0. The van der Waals surface area contributed by atoms with Gasteiger partial charge in [-0.05, 0) is 28.3 Å². The molecular weight excluding hydrogens is 424 g/mol. The lowest BCUT2D eigenvalue weighted by molar-refractivity contribution is 0.666. The number of hydrogen-bond donors (Lipinski definition) is 0. The van der Waals surface area contributed by atoms with Gasteiger partial charge in [-0.3, -0.25) is 0 Å². The second kappa shape index (κ2) is 6.49. The predicted octanol–water partition coefficient (Wildman–Crippen LogP) is 8.06. The van der Waals surface area contributed by atoms with Crippen molar-refractivity contribution in [3.63, 3.8) is 0 Å². The van der Waals surface area contributed by atoms with Gasteiger partial charge in [-0.1, -0.05) is 92.7 Å². The Kier molecular flexibility index (Phi) is 3.55. The SMILES string of the molecule is CC1(C)c2ccccc2-c2ccc3c(c21)c1cccc2c1n3C1C=CC=CC1=[N+]2c1ccccc1. The third-order valence-electron chi connectivity index (χ3n) is 8.25. The van der Waals surface area contributed by atoms with Crippen molar-refractivity contribution in [3.05, 3.63) is 120 Å². The van der Waals surface area contributed by atoms with Crippen molar-refractivity contribution >= 4 is 38.9 Å². The molecule has 1 atom stereocenters. The quantitative estimate of drug-likeness (QED) is 0.229. The Hall–Kier alpha value is -4.17. The molecule has 0 radical (unpaired) electrons. The first kappa shape index (κ1) is 19.2. The van der Waals surface area contributed by atoms with Crippen LogP contribution in [0, 0.1) is 0 Å². The normalized spacial score (nSPS) is 18.7. The van der Waals surface area contributed by atoms with Crippen molar-refractivity contribution in [1.29, 1.82) is 0 Å². The number of fused-ring (bicyclic) bond motifs is 9. The lowest BCUT2D eigenvalue weighted by atomic mass is 9.80. The van der Waals surface area contributed by atoms with Crippen LogP contribution in [0.3, 0.4) is 0 Å². The van der Waals surface area contributed by atoms with Crippen LogP contribution < -0.4 is 4.58 Å². The second-order valence-electron chi connectivity index (χ2n) is 10.4. The zero-order valence-corrected chi connectivity index (χ0v) is 19.9. The van der Waals surface area contributed by atoms with E-state index in [4.69, 9.17) is 0 Å². The van der Waals surface area contributed by atoms with E-state index in [1.54, 1.807) is 0 Å². The van der Waals surface area contributed by atoms with Crippen LogP contribution in [0.4, 0.5) is 11.4 Å². The monoisotopic (exact) mass is 449 g/mol. The second-order valence-corrected chi connectivity index (χ2v) is 10.4. The van der Waals surface area contributed by atoms with Crippen molar-refractivity contribution < 1.29 is 0 Å². The van der Waals surface area contributed by atoms with E-state index in [1.807, 2.05) is 0 Å². The Balaban J connectivity index is 1.55. The summed E-state index contributed by atoms with van der Waals surface area (Å²) in [6.45, 7) is 4.78. The summed E-state index contributed by atoms with van der Waals surface area (Å²) >= 11 is 0. The summed E-state index contributed by atoms with van der Waals surface area (Å²) in [6, 6.07) is 31.4. The van der Waals surface area contributed by atoms with Crippen molar-refractivity contribution in [3.8, 4) is 11.1 Å². The fraction of sp³-hybridized carbons (Fsp3) is 0.121. The number of nitrogens with zero attached hydrogens (tertiary/aromatic N) is 2. The molecule has 2 heteroatoms. The largest absolute Gasteiger partial charge is 0.318 e. The number of para-hydroxylation sites is 2. The molecule has 8 rings (SSSR count). The molecule has 5 aromatic rings. The van der Waals surface area contributed by atoms with E-state index in [-0.39, 0.29) is 11.5 Å². The lowest BCUT2D eigenvalue weighted by Crippen LogP contribution is -2.30. The molecule has 0 saturated carbocycles. The molecule has 2 aliphatic carbocycles. The summed E-state index contributed by atoms with van der Waals surface area (Å²) in [5.41, 5.74) is 12.0. The standard InChI is InChI=1S/C33H25N2/c1-33(2)25-15-7-6-13-22(25)23-19-20-28-30(31(23)33)24-14-10-18-29-32(24)35(28)27-17-9-8-16-26(27)34(29)21-11-4-3-5-12-21/h3-20,27H,1-2H3/q+1. The molecule has 0 bridgehead atoms. The average Bonchev–Trinajstić information content (AvgIpc) is 3.36. The molecule has 0 spiro atoms.